The van der Waals surface area contributed by atoms with Gasteiger partial charge in [-0.05, 0) is 36.2 Å². The zero-order chi connectivity index (χ0) is 22.5. The topological polar surface area (TPSA) is 152 Å². The molecule has 160 valence electrons. The van der Waals surface area contributed by atoms with E-state index >= 15 is 0 Å². The molecule has 0 saturated carbocycles. The highest BCUT2D eigenvalue weighted by Gasteiger charge is 2.32. The van der Waals surface area contributed by atoms with E-state index in [9.17, 15) is 19.5 Å². The van der Waals surface area contributed by atoms with E-state index in [1.807, 2.05) is 30.3 Å². The van der Waals surface area contributed by atoms with E-state index in [1.165, 1.54) is 17.0 Å². The Morgan fingerprint density at radius 1 is 1.16 bits per heavy atom. The van der Waals surface area contributed by atoms with E-state index in [-0.39, 0.29) is 34.2 Å². The fourth-order valence-electron chi connectivity index (χ4n) is 2.95. The number of nitrogens with zero attached hydrogens (tertiary/aromatic N) is 2. The van der Waals surface area contributed by atoms with Crippen LogP contribution in [-0.2, 0) is 11.3 Å². The summed E-state index contributed by atoms with van der Waals surface area (Å²) in [6, 6.07) is 14.3. The van der Waals surface area contributed by atoms with Gasteiger partial charge in [0.25, 0.3) is 11.8 Å². The second-order valence-corrected chi connectivity index (χ2v) is 7.49. The molecule has 1 atom stereocenters. The molecule has 0 aliphatic carbocycles. The van der Waals surface area contributed by atoms with Gasteiger partial charge >= 0.3 is 0 Å². The molecule has 0 radical (unpaired) electrons. The van der Waals surface area contributed by atoms with Crippen molar-refractivity contribution in [2.45, 2.75) is 19.5 Å². The van der Waals surface area contributed by atoms with Crippen LogP contribution < -0.4 is 21.7 Å². The molecular weight excluding hydrogens is 418 g/mol. The molecule has 2 aromatic carbocycles. The number of amides is 3. The van der Waals surface area contributed by atoms with Crippen molar-refractivity contribution in [2.75, 3.05) is 10.6 Å². The molecule has 0 saturated heterocycles. The Hall–Kier alpha value is -3.92. The van der Waals surface area contributed by atoms with Crippen molar-refractivity contribution in [2.24, 2.45) is 5.73 Å². The Labute approximate surface area is 182 Å². The third-order valence-electron chi connectivity index (χ3n) is 4.56. The number of benzene rings is 2. The zero-order valence-corrected chi connectivity index (χ0v) is 17.4. The summed E-state index contributed by atoms with van der Waals surface area (Å²) in [5.74, 6) is -2.00. The summed E-state index contributed by atoms with van der Waals surface area (Å²) < 4.78 is 3.85. The van der Waals surface area contributed by atoms with Crippen molar-refractivity contribution >= 4 is 40.6 Å². The van der Waals surface area contributed by atoms with Gasteiger partial charge in [0, 0.05) is 18.3 Å². The number of rotatable bonds is 7. The van der Waals surface area contributed by atoms with E-state index < -0.39 is 23.8 Å². The number of phenolic OH excluding ortho intramolecular Hbond substituents is 1. The smallest absolute Gasteiger partial charge is 0.272 e. The van der Waals surface area contributed by atoms with Crippen molar-refractivity contribution in [3.63, 3.8) is 0 Å². The lowest BCUT2D eigenvalue weighted by Crippen LogP contribution is -2.48. The second kappa shape index (κ2) is 9.26. The number of hydrogen-bond acceptors (Lipinski definition) is 7. The summed E-state index contributed by atoms with van der Waals surface area (Å²) in [5, 5.41) is 12.7. The first-order valence-corrected chi connectivity index (χ1v) is 10.1. The van der Waals surface area contributed by atoms with Gasteiger partial charge in [-0.1, -0.05) is 36.4 Å². The van der Waals surface area contributed by atoms with E-state index in [0.29, 0.717) is 0 Å². The zero-order valence-electron chi connectivity index (χ0n) is 16.6. The van der Waals surface area contributed by atoms with E-state index in [4.69, 9.17) is 11.5 Å². The molecular formula is C21H21N5O4S. The molecule has 6 N–H and O–H groups in total. The van der Waals surface area contributed by atoms with Crippen molar-refractivity contribution in [1.29, 1.82) is 0 Å². The van der Waals surface area contributed by atoms with Gasteiger partial charge in [-0.15, -0.1) is 0 Å². The predicted octanol–water partition coefficient (Wildman–Crippen LogP) is 1.88. The fourth-order valence-corrected chi connectivity index (χ4v) is 3.69. The Morgan fingerprint density at radius 2 is 1.87 bits per heavy atom. The van der Waals surface area contributed by atoms with Crippen LogP contribution in [0.1, 0.15) is 32.6 Å². The first-order chi connectivity index (χ1) is 14.8. The van der Waals surface area contributed by atoms with Gasteiger partial charge in [0.1, 0.15) is 16.7 Å². The van der Waals surface area contributed by atoms with Crippen LogP contribution in [0.15, 0.2) is 54.6 Å². The summed E-state index contributed by atoms with van der Waals surface area (Å²) in [5.41, 5.74) is 12.0. The third-order valence-corrected chi connectivity index (χ3v) is 5.41. The van der Waals surface area contributed by atoms with Crippen LogP contribution in [0, 0.1) is 0 Å². The van der Waals surface area contributed by atoms with Crippen LogP contribution in [0.2, 0.25) is 0 Å². The van der Waals surface area contributed by atoms with Crippen LogP contribution in [-0.4, -0.2) is 33.2 Å². The summed E-state index contributed by atoms with van der Waals surface area (Å²) in [6.45, 7) is 1.83. The summed E-state index contributed by atoms with van der Waals surface area (Å²) in [7, 11) is 0. The maximum absolute atomic E-state index is 13.3. The fraction of sp³-hybridized carbons (Fsp3) is 0.143. The number of nitrogens with one attached hydrogen (secondary N) is 1. The maximum Gasteiger partial charge on any atom is 0.272 e. The minimum absolute atomic E-state index is 0.0279. The number of phenols is 1. The van der Waals surface area contributed by atoms with Gasteiger partial charge in [-0.2, -0.15) is 4.37 Å². The first kappa shape index (κ1) is 21.8. The van der Waals surface area contributed by atoms with Crippen LogP contribution in [0.3, 0.4) is 0 Å². The number of nitrogens with two attached hydrogens (primary N) is 2. The number of hydrogen-bond donors (Lipinski definition) is 4. The van der Waals surface area contributed by atoms with Gasteiger partial charge < -0.3 is 21.9 Å². The molecule has 1 aromatic heterocycles. The average molecular weight is 439 g/mol. The molecule has 9 nitrogen and oxygen atoms in total. The van der Waals surface area contributed by atoms with Gasteiger partial charge in [0.05, 0.1) is 5.69 Å². The van der Waals surface area contributed by atoms with Crippen molar-refractivity contribution in [1.82, 2.24) is 9.69 Å². The third kappa shape index (κ3) is 4.81. The number of primary amides is 1. The van der Waals surface area contributed by atoms with E-state index in [2.05, 4.69) is 9.69 Å². The molecule has 1 unspecified atom stereocenters. The van der Waals surface area contributed by atoms with Crippen molar-refractivity contribution in [3.8, 4) is 5.75 Å². The quantitative estimate of drug-likeness (QED) is 0.441. The van der Waals surface area contributed by atoms with Gasteiger partial charge in [0.15, 0.2) is 5.69 Å². The number of carbonyl (C=O) groups excluding carboxylic acids is 3. The Balaban J connectivity index is 1.92. The van der Waals surface area contributed by atoms with Crippen LogP contribution in [0.4, 0.5) is 11.4 Å². The second-order valence-electron chi connectivity index (χ2n) is 6.71. The molecule has 10 heteroatoms. The molecule has 0 aliphatic heterocycles. The number of carbonyl (C=O) groups is 3. The molecule has 0 aliphatic rings. The van der Waals surface area contributed by atoms with Gasteiger partial charge in [-0.25, -0.2) is 0 Å². The lowest BCUT2D eigenvalue weighted by Gasteiger charge is -2.28. The number of aromatic nitrogens is 1. The highest BCUT2D eigenvalue weighted by molar-refractivity contribution is 7.09. The molecule has 3 aromatic rings. The SMILES string of the molecule is CC(C(=O)NCc1ccccc1)N(C(=O)c1snc(C(N)=O)c1N)c1cccc(O)c1. The minimum Gasteiger partial charge on any atom is -0.508 e. The number of aromatic hydroxyl groups is 1. The van der Waals surface area contributed by atoms with Crippen LogP contribution >= 0.6 is 11.5 Å². The number of anilines is 2. The summed E-state index contributed by atoms with van der Waals surface area (Å²) >= 11 is 0.718. The van der Waals surface area contributed by atoms with Gasteiger partial charge in [0.2, 0.25) is 5.91 Å². The Morgan fingerprint density at radius 3 is 2.48 bits per heavy atom. The largest absolute Gasteiger partial charge is 0.508 e. The molecule has 0 spiro atoms. The molecule has 3 rings (SSSR count). The maximum atomic E-state index is 13.3. The molecule has 1 heterocycles. The minimum atomic E-state index is -0.962. The van der Waals surface area contributed by atoms with Gasteiger partial charge in [-0.3, -0.25) is 19.3 Å². The molecule has 0 bridgehead atoms. The molecule has 3 amide bonds. The summed E-state index contributed by atoms with van der Waals surface area (Å²) in [4.78, 5) is 38.8. The van der Waals surface area contributed by atoms with Crippen molar-refractivity contribution in [3.05, 3.63) is 70.7 Å². The molecule has 0 fully saturated rings. The first-order valence-electron chi connectivity index (χ1n) is 9.28. The number of nitrogen functional groups attached to an aromatic ring is 1. The Bertz CT molecular complexity index is 1120. The van der Waals surface area contributed by atoms with Crippen LogP contribution in [0.5, 0.6) is 5.75 Å². The molecule has 31 heavy (non-hydrogen) atoms. The average Bonchev–Trinajstić information content (AvgIpc) is 3.14. The van der Waals surface area contributed by atoms with E-state index in [0.717, 1.165) is 17.1 Å². The lowest BCUT2D eigenvalue weighted by atomic mass is 10.1. The van der Waals surface area contributed by atoms with Crippen LogP contribution in [0.25, 0.3) is 0 Å². The monoisotopic (exact) mass is 439 g/mol. The normalized spacial score (nSPS) is 11.5. The standard InChI is InChI=1S/C21H21N5O4S/c1-12(20(29)24-11-13-6-3-2-4-7-13)26(14-8-5-9-15(27)10-14)21(30)18-16(22)17(19(23)28)25-31-18/h2-10,12,27H,11,22H2,1H3,(H2,23,28)(H,24,29). The van der Waals surface area contributed by atoms with E-state index in [1.54, 1.807) is 19.1 Å². The lowest BCUT2D eigenvalue weighted by molar-refractivity contribution is -0.122. The highest BCUT2D eigenvalue weighted by Crippen LogP contribution is 2.29. The summed E-state index contributed by atoms with van der Waals surface area (Å²) in [6.07, 6.45) is 0. The predicted molar refractivity (Wildman–Crippen MR) is 118 cm³/mol. The highest BCUT2D eigenvalue weighted by atomic mass is 32.1. The van der Waals surface area contributed by atoms with Crippen molar-refractivity contribution < 1.29 is 19.5 Å². The Kier molecular flexibility index (Phi) is 6.51.